The highest BCUT2D eigenvalue weighted by Gasteiger charge is 2.13. The molecule has 0 fully saturated rings. The van der Waals surface area contributed by atoms with E-state index in [1.165, 1.54) is 0 Å². The van der Waals surface area contributed by atoms with E-state index in [1.54, 1.807) is 38.8 Å². The van der Waals surface area contributed by atoms with Gasteiger partial charge in [0.25, 0.3) is 0 Å². The predicted octanol–water partition coefficient (Wildman–Crippen LogP) is 3.73. The Bertz CT molecular complexity index is 716. The van der Waals surface area contributed by atoms with Crippen molar-refractivity contribution in [2.45, 2.75) is 13.3 Å². The average Bonchev–Trinajstić information content (AvgIpc) is 2.59. The second-order valence-electron chi connectivity index (χ2n) is 4.65. The first-order chi connectivity index (χ1) is 10.7. The van der Waals surface area contributed by atoms with E-state index in [4.69, 9.17) is 9.47 Å². The normalized spacial score (nSPS) is 10.9. The molecule has 112 valence electrons. The minimum atomic E-state index is 0.526. The Kier molecular flexibility index (Phi) is 5.16. The topological polar surface area (TPSA) is 55.1 Å². The Labute approximate surface area is 130 Å². The summed E-state index contributed by atoms with van der Waals surface area (Å²) in [7, 11) is 3.22. The van der Waals surface area contributed by atoms with Crippen LogP contribution in [0.2, 0.25) is 0 Å². The largest absolute Gasteiger partial charge is 0.493 e. The average molecular weight is 294 g/mol. The Morgan fingerprint density at radius 1 is 1.23 bits per heavy atom. The molecule has 4 nitrogen and oxygen atoms in total. The van der Waals surface area contributed by atoms with E-state index >= 15 is 0 Å². The quantitative estimate of drug-likeness (QED) is 0.788. The molecule has 1 heterocycles. The zero-order valence-electron chi connectivity index (χ0n) is 13.0. The lowest BCUT2D eigenvalue weighted by molar-refractivity contribution is 0.351. The second-order valence-corrected chi connectivity index (χ2v) is 4.65. The molecule has 0 saturated heterocycles. The van der Waals surface area contributed by atoms with Crippen LogP contribution in [0.3, 0.4) is 0 Å². The fourth-order valence-corrected chi connectivity index (χ4v) is 2.30. The van der Waals surface area contributed by atoms with Crippen LogP contribution in [0, 0.1) is 11.3 Å². The van der Waals surface area contributed by atoms with Crippen LogP contribution in [0.4, 0.5) is 0 Å². The Morgan fingerprint density at radius 2 is 2.00 bits per heavy atom. The third-order valence-electron chi connectivity index (χ3n) is 3.41. The molecule has 0 unspecified atom stereocenters. The lowest BCUT2D eigenvalue weighted by Gasteiger charge is -2.14. The lowest BCUT2D eigenvalue weighted by atomic mass is 10.0. The van der Waals surface area contributed by atoms with Crippen LogP contribution in [0.1, 0.15) is 23.6 Å². The summed E-state index contributed by atoms with van der Waals surface area (Å²) in [5, 5.41) is 9.41. The van der Waals surface area contributed by atoms with Crippen LogP contribution in [0.15, 0.2) is 36.7 Å². The molecule has 0 aliphatic carbocycles. The van der Waals surface area contributed by atoms with Gasteiger partial charge in [0.2, 0.25) is 0 Å². The highest BCUT2D eigenvalue weighted by atomic mass is 16.5. The molecule has 0 aliphatic heterocycles. The van der Waals surface area contributed by atoms with Crippen molar-refractivity contribution >= 4 is 11.6 Å². The van der Waals surface area contributed by atoms with Gasteiger partial charge in [0.05, 0.1) is 25.9 Å². The molecule has 4 heteroatoms. The van der Waals surface area contributed by atoms with Crippen LogP contribution in [0.25, 0.3) is 11.6 Å². The Hall–Kier alpha value is -2.80. The van der Waals surface area contributed by atoms with Crippen molar-refractivity contribution < 1.29 is 9.47 Å². The van der Waals surface area contributed by atoms with Crippen LogP contribution in [0.5, 0.6) is 11.5 Å². The highest BCUT2D eigenvalue weighted by molar-refractivity contribution is 5.91. The maximum absolute atomic E-state index is 9.41. The molecule has 0 spiro atoms. The molecule has 0 amide bonds. The van der Waals surface area contributed by atoms with Crippen molar-refractivity contribution in [3.8, 4) is 17.6 Å². The zero-order chi connectivity index (χ0) is 15.9. The van der Waals surface area contributed by atoms with Crippen molar-refractivity contribution in [2.24, 2.45) is 0 Å². The summed E-state index contributed by atoms with van der Waals surface area (Å²) < 4.78 is 11.0. The van der Waals surface area contributed by atoms with Gasteiger partial charge in [0.15, 0.2) is 11.5 Å². The number of hydrogen-bond donors (Lipinski definition) is 0. The first-order valence-corrected chi connectivity index (χ1v) is 7.01. The van der Waals surface area contributed by atoms with E-state index < -0.39 is 0 Å². The number of nitriles is 1. The number of allylic oxidation sites excluding steroid dienone is 1. The van der Waals surface area contributed by atoms with Gasteiger partial charge in [-0.2, -0.15) is 5.26 Å². The third kappa shape index (κ3) is 3.09. The zero-order valence-corrected chi connectivity index (χ0v) is 13.0. The second kappa shape index (κ2) is 7.28. The van der Waals surface area contributed by atoms with Gasteiger partial charge in [-0.3, -0.25) is 4.98 Å². The summed E-state index contributed by atoms with van der Waals surface area (Å²) >= 11 is 0. The van der Waals surface area contributed by atoms with E-state index in [9.17, 15) is 5.26 Å². The minimum Gasteiger partial charge on any atom is -0.493 e. The van der Waals surface area contributed by atoms with Gasteiger partial charge in [-0.15, -0.1) is 0 Å². The maximum Gasteiger partial charge on any atom is 0.168 e. The van der Waals surface area contributed by atoms with Crippen molar-refractivity contribution in [3.05, 3.63) is 53.3 Å². The minimum absolute atomic E-state index is 0.526. The monoisotopic (exact) mass is 294 g/mol. The van der Waals surface area contributed by atoms with Crippen molar-refractivity contribution in [1.29, 1.82) is 5.26 Å². The number of aromatic nitrogens is 1. The summed E-state index contributed by atoms with van der Waals surface area (Å²) in [6, 6.07) is 9.80. The number of ether oxygens (including phenoxy) is 2. The molecule has 0 saturated carbocycles. The van der Waals surface area contributed by atoms with E-state index in [0.717, 1.165) is 23.1 Å². The number of nitrogens with zero attached hydrogens (tertiary/aromatic N) is 2. The van der Waals surface area contributed by atoms with Gasteiger partial charge < -0.3 is 9.47 Å². The standard InChI is InChI=1S/C18H18N2O2/c1-4-13-7-8-14(18(22-3)17(13)21-2)10-16(11-19)15-6-5-9-20-12-15/h5-10,12H,4H2,1-3H3/b16-10+. The van der Waals surface area contributed by atoms with Gasteiger partial charge in [-0.05, 0) is 24.1 Å². The van der Waals surface area contributed by atoms with Crippen LogP contribution in [-0.4, -0.2) is 19.2 Å². The summed E-state index contributed by atoms with van der Waals surface area (Å²) in [5.74, 6) is 1.35. The molecule has 0 atom stereocenters. The molecule has 0 aliphatic rings. The van der Waals surface area contributed by atoms with Crippen LogP contribution < -0.4 is 9.47 Å². The molecule has 1 aromatic carbocycles. The molecule has 1 aromatic heterocycles. The highest BCUT2D eigenvalue weighted by Crippen LogP contribution is 2.36. The summed E-state index contributed by atoms with van der Waals surface area (Å²) in [4.78, 5) is 4.05. The molecule has 2 aromatic rings. The number of aryl methyl sites for hydroxylation is 1. The van der Waals surface area contributed by atoms with Crippen molar-refractivity contribution in [2.75, 3.05) is 14.2 Å². The smallest absolute Gasteiger partial charge is 0.168 e. The number of pyridine rings is 1. The first-order valence-electron chi connectivity index (χ1n) is 7.01. The molecular weight excluding hydrogens is 276 g/mol. The van der Waals surface area contributed by atoms with E-state index in [2.05, 4.69) is 18.0 Å². The molecule has 0 radical (unpaired) electrons. The molecule has 0 bridgehead atoms. The molecule has 2 rings (SSSR count). The number of methoxy groups -OCH3 is 2. The Morgan fingerprint density at radius 3 is 2.55 bits per heavy atom. The van der Waals surface area contributed by atoms with E-state index in [0.29, 0.717) is 17.1 Å². The fraction of sp³-hybridized carbons (Fsp3) is 0.222. The molecule has 22 heavy (non-hydrogen) atoms. The van der Waals surface area contributed by atoms with Gasteiger partial charge in [0, 0.05) is 23.5 Å². The number of benzene rings is 1. The lowest BCUT2D eigenvalue weighted by Crippen LogP contribution is -1.97. The summed E-state index contributed by atoms with van der Waals surface area (Å²) in [5.41, 5.74) is 3.16. The number of rotatable bonds is 5. The van der Waals surface area contributed by atoms with Crippen LogP contribution in [-0.2, 0) is 6.42 Å². The van der Waals surface area contributed by atoms with Gasteiger partial charge in [-0.1, -0.05) is 25.1 Å². The van der Waals surface area contributed by atoms with E-state index in [1.807, 2.05) is 18.2 Å². The SMILES string of the molecule is CCc1ccc(/C=C(\C#N)c2cccnc2)c(OC)c1OC. The van der Waals surface area contributed by atoms with Gasteiger partial charge in [0.1, 0.15) is 0 Å². The summed E-state index contributed by atoms with van der Waals surface area (Å²) in [6.45, 7) is 2.06. The first kappa shape index (κ1) is 15.6. The third-order valence-corrected chi connectivity index (χ3v) is 3.41. The van der Waals surface area contributed by atoms with E-state index in [-0.39, 0.29) is 0 Å². The van der Waals surface area contributed by atoms with Crippen molar-refractivity contribution in [1.82, 2.24) is 4.98 Å². The van der Waals surface area contributed by atoms with Gasteiger partial charge >= 0.3 is 0 Å². The predicted molar refractivity (Wildman–Crippen MR) is 86.6 cm³/mol. The van der Waals surface area contributed by atoms with Gasteiger partial charge in [-0.25, -0.2) is 0 Å². The maximum atomic E-state index is 9.41. The molecular formula is C18H18N2O2. The van der Waals surface area contributed by atoms with Crippen molar-refractivity contribution in [3.63, 3.8) is 0 Å². The molecule has 0 N–H and O–H groups in total. The fourth-order valence-electron chi connectivity index (χ4n) is 2.30. The summed E-state index contributed by atoms with van der Waals surface area (Å²) in [6.07, 6.45) is 5.98. The van der Waals surface area contributed by atoms with Crippen LogP contribution >= 0.6 is 0 Å². The number of hydrogen-bond acceptors (Lipinski definition) is 4. The Balaban J connectivity index is 2.57.